The van der Waals surface area contributed by atoms with Crippen molar-refractivity contribution in [3.63, 3.8) is 0 Å². The number of methoxy groups -OCH3 is 1. The summed E-state index contributed by atoms with van der Waals surface area (Å²) in [5.74, 6) is 0.830. The van der Waals surface area contributed by atoms with E-state index in [1.165, 1.54) is 0 Å². The van der Waals surface area contributed by atoms with Crippen molar-refractivity contribution in [2.24, 2.45) is 0 Å². The summed E-state index contributed by atoms with van der Waals surface area (Å²) in [6.45, 7) is 10.4. The third-order valence-corrected chi connectivity index (χ3v) is 4.63. The van der Waals surface area contributed by atoms with E-state index in [-0.39, 0.29) is 0 Å². The fourth-order valence-electron chi connectivity index (χ4n) is 2.97. The normalized spacial score (nSPS) is 10.4. The Labute approximate surface area is 166 Å². The number of halogens is 1. The monoisotopic (exact) mass is 386 g/mol. The van der Waals surface area contributed by atoms with Gasteiger partial charge in [-0.25, -0.2) is 0 Å². The summed E-state index contributed by atoms with van der Waals surface area (Å²) in [5, 5.41) is 1.89. The van der Waals surface area contributed by atoms with E-state index in [0.29, 0.717) is 6.61 Å². The molecule has 0 radical (unpaired) electrons. The summed E-state index contributed by atoms with van der Waals surface area (Å²) < 4.78 is 16.1. The molecule has 0 unspecified atom stereocenters. The number of ether oxygens (including phenoxy) is 2. The van der Waals surface area contributed by atoms with Crippen LogP contribution in [-0.2, 0) is 17.8 Å². The lowest BCUT2D eigenvalue weighted by Crippen LogP contribution is -1.99. The van der Waals surface area contributed by atoms with Crippen molar-refractivity contribution < 1.29 is 13.9 Å². The van der Waals surface area contributed by atoms with Gasteiger partial charge in [-0.15, -0.1) is 6.58 Å². The summed E-state index contributed by atoms with van der Waals surface area (Å²) in [4.78, 5) is 0. The predicted molar refractivity (Wildman–Crippen MR) is 113 cm³/mol. The van der Waals surface area contributed by atoms with Crippen LogP contribution in [0.5, 0.6) is 5.75 Å². The van der Waals surface area contributed by atoms with Crippen LogP contribution in [-0.4, -0.2) is 14.2 Å². The fourth-order valence-corrected chi connectivity index (χ4v) is 3.26. The first-order valence-electron chi connectivity index (χ1n) is 8.82. The van der Waals surface area contributed by atoms with Crippen molar-refractivity contribution in [1.82, 2.24) is 0 Å². The van der Waals surface area contributed by atoms with E-state index >= 15 is 0 Å². The first kappa shape index (κ1) is 21.1. The highest BCUT2D eigenvalue weighted by Gasteiger charge is 2.15. The fraction of sp³-hybridized carbons (Fsp3) is 0.304. The predicted octanol–water partition coefficient (Wildman–Crippen LogP) is 6.58. The van der Waals surface area contributed by atoms with Crippen LogP contribution in [0.4, 0.5) is 0 Å². The summed E-state index contributed by atoms with van der Waals surface area (Å²) in [5.41, 5.74) is 6.32. The molecule has 0 amide bonds. The molecule has 144 valence electrons. The van der Waals surface area contributed by atoms with E-state index in [1.54, 1.807) is 14.2 Å². The third kappa shape index (κ3) is 4.94. The van der Waals surface area contributed by atoms with Crippen LogP contribution in [0.2, 0.25) is 5.02 Å². The standard InChI is InChI=1S/C21H21ClO2.C2H6O/c1-5-6-17-12-24-21-15(4)19(10-14(3)20(17)21)23-11-16-8-7-13(2)9-18(16)22;1-3-2/h5,7-10,12H,1,6,11H2,2-4H3;1-2H3. The maximum Gasteiger partial charge on any atom is 0.141 e. The SMILES string of the molecule is C=CCc1coc2c(C)c(OCc3ccc(C)cc3Cl)cc(C)c12.COC. The molecule has 1 aromatic heterocycles. The van der Waals surface area contributed by atoms with Crippen molar-refractivity contribution in [2.75, 3.05) is 14.2 Å². The molecule has 0 atom stereocenters. The summed E-state index contributed by atoms with van der Waals surface area (Å²) >= 11 is 6.29. The Morgan fingerprint density at radius 2 is 1.81 bits per heavy atom. The molecule has 0 aliphatic heterocycles. The Balaban J connectivity index is 0.000000817. The molecule has 1 heterocycles. The van der Waals surface area contributed by atoms with Crippen LogP contribution < -0.4 is 4.74 Å². The zero-order chi connectivity index (χ0) is 20.0. The van der Waals surface area contributed by atoms with E-state index in [0.717, 1.165) is 56.0 Å². The minimum absolute atomic E-state index is 0.436. The highest BCUT2D eigenvalue weighted by Crippen LogP contribution is 2.34. The van der Waals surface area contributed by atoms with Gasteiger partial charge < -0.3 is 13.9 Å². The van der Waals surface area contributed by atoms with Gasteiger partial charge in [0.05, 0.1) is 6.26 Å². The van der Waals surface area contributed by atoms with E-state index < -0.39 is 0 Å². The van der Waals surface area contributed by atoms with Crippen molar-refractivity contribution in [1.29, 1.82) is 0 Å². The van der Waals surface area contributed by atoms with Crippen molar-refractivity contribution in [3.05, 3.63) is 76.0 Å². The molecule has 3 nitrogen and oxygen atoms in total. The van der Waals surface area contributed by atoms with Gasteiger partial charge in [0.25, 0.3) is 0 Å². The summed E-state index contributed by atoms with van der Waals surface area (Å²) in [6, 6.07) is 8.07. The number of hydrogen-bond donors (Lipinski definition) is 0. The minimum atomic E-state index is 0.436. The van der Waals surface area contributed by atoms with Gasteiger partial charge >= 0.3 is 0 Å². The van der Waals surface area contributed by atoms with Crippen LogP contribution >= 0.6 is 11.6 Å². The average Bonchev–Trinajstić information content (AvgIpc) is 3.04. The largest absolute Gasteiger partial charge is 0.488 e. The molecular weight excluding hydrogens is 360 g/mol. The smallest absolute Gasteiger partial charge is 0.141 e. The van der Waals surface area contributed by atoms with Crippen LogP contribution in [0.25, 0.3) is 11.0 Å². The highest BCUT2D eigenvalue weighted by molar-refractivity contribution is 6.31. The molecule has 3 rings (SSSR count). The molecule has 0 aliphatic carbocycles. The second kappa shape index (κ2) is 9.63. The molecule has 2 aromatic carbocycles. The number of furan rings is 1. The van der Waals surface area contributed by atoms with E-state index in [4.69, 9.17) is 20.8 Å². The first-order chi connectivity index (χ1) is 12.9. The Morgan fingerprint density at radius 1 is 1.11 bits per heavy atom. The quantitative estimate of drug-likeness (QED) is 0.464. The molecule has 4 heteroatoms. The lowest BCUT2D eigenvalue weighted by molar-refractivity contribution is 0.277. The molecule has 0 spiro atoms. The van der Waals surface area contributed by atoms with Gasteiger partial charge in [-0.1, -0.05) is 29.8 Å². The Morgan fingerprint density at radius 3 is 2.44 bits per heavy atom. The van der Waals surface area contributed by atoms with Crippen LogP contribution in [0.3, 0.4) is 0 Å². The summed E-state index contributed by atoms with van der Waals surface area (Å²) in [7, 11) is 3.25. The third-order valence-electron chi connectivity index (χ3n) is 4.28. The molecule has 0 saturated heterocycles. The number of aryl methyl sites for hydroxylation is 3. The molecular formula is C23H27ClO3. The average molecular weight is 387 g/mol. The number of rotatable bonds is 5. The van der Waals surface area contributed by atoms with Crippen LogP contribution in [0.1, 0.15) is 27.8 Å². The molecule has 0 N–H and O–H groups in total. The number of hydrogen-bond acceptors (Lipinski definition) is 3. The van der Waals surface area contributed by atoms with Gasteiger partial charge in [0.15, 0.2) is 0 Å². The van der Waals surface area contributed by atoms with Gasteiger partial charge in [-0.3, -0.25) is 0 Å². The van der Waals surface area contributed by atoms with Gasteiger partial charge in [0.2, 0.25) is 0 Å². The van der Waals surface area contributed by atoms with Crippen molar-refractivity contribution in [3.8, 4) is 5.75 Å². The Kier molecular flexibility index (Phi) is 7.52. The van der Waals surface area contributed by atoms with Gasteiger partial charge in [0.1, 0.15) is 17.9 Å². The zero-order valence-electron chi connectivity index (χ0n) is 16.7. The van der Waals surface area contributed by atoms with Crippen molar-refractivity contribution in [2.45, 2.75) is 33.8 Å². The Bertz CT molecular complexity index is 925. The number of allylic oxidation sites excluding steroid dienone is 1. The maximum absolute atomic E-state index is 6.29. The topological polar surface area (TPSA) is 31.6 Å². The van der Waals surface area contributed by atoms with Gasteiger partial charge in [-0.05, 0) is 50.5 Å². The molecule has 0 aliphatic rings. The van der Waals surface area contributed by atoms with Crippen LogP contribution in [0, 0.1) is 20.8 Å². The Hall–Kier alpha value is -2.23. The number of benzene rings is 2. The maximum atomic E-state index is 6.29. The van der Waals surface area contributed by atoms with E-state index in [1.807, 2.05) is 44.4 Å². The zero-order valence-corrected chi connectivity index (χ0v) is 17.4. The van der Waals surface area contributed by atoms with Gasteiger partial charge in [0, 0.05) is 41.3 Å². The molecule has 0 fully saturated rings. The van der Waals surface area contributed by atoms with Gasteiger partial charge in [-0.2, -0.15) is 0 Å². The molecule has 27 heavy (non-hydrogen) atoms. The lowest BCUT2D eigenvalue weighted by Gasteiger charge is -2.12. The minimum Gasteiger partial charge on any atom is -0.488 e. The molecule has 0 saturated carbocycles. The lowest BCUT2D eigenvalue weighted by atomic mass is 10.0. The number of fused-ring (bicyclic) bond motifs is 1. The highest BCUT2D eigenvalue weighted by atomic mass is 35.5. The second-order valence-corrected chi connectivity index (χ2v) is 6.97. The second-order valence-electron chi connectivity index (χ2n) is 6.57. The molecule has 3 aromatic rings. The first-order valence-corrected chi connectivity index (χ1v) is 9.19. The van der Waals surface area contributed by atoms with Crippen molar-refractivity contribution >= 4 is 22.6 Å². The summed E-state index contributed by atoms with van der Waals surface area (Å²) in [6.07, 6.45) is 4.50. The van der Waals surface area contributed by atoms with E-state index in [9.17, 15) is 0 Å². The molecule has 0 bridgehead atoms. The van der Waals surface area contributed by atoms with E-state index in [2.05, 4.69) is 24.3 Å². The van der Waals surface area contributed by atoms with Crippen LogP contribution in [0.15, 0.2) is 47.6 Å².